The minimum atomic E-state index is -3.44. The molecule has 1 amide bonds. The molecule has 0 saturated carbocycles. The van der Waals surface area contributed by atoms with Gasteiger partial charge in [-0.3, -0.25) is 9.52 Å². The summed E-state index contributed by atoms with van der Waals surface area (Å²) in [6.45, 7) is 3.71. The first-order valence-electron chi connectivity index (χ1n) is 7.41. The normalized spacial score (nSPS) is 18.7. The fourth-order valence-corrected chi connectivity index (χ4v) is 3.27. The molecule has 0 aromatic heterocycles. The highest BCUT2D eigenvalue weighted by atomic mass is 32.2. The molecule has 1 aliphatic rings. The van der Waals surface area contributed by atoms with Crippen molar-refractivity contribution in [1.82, 2.24) is 4.90 Å². The number of hydrogen-bond donors (Lipinski definition) is 1. The summed E-state index contributed by atoms with van der Waals surface area (Å²) in [6, 6.07) is 6.41. The molecule has 0 radical (unpaired) electrons. The van der Waals surface area contributed by atoms with Gasteiger partial charge < -0.3 is 14.4 Å². The molecule has 23 heavy (non-hydrogen) atoms. The maximum atomic E-state index is 12.4. The first-order chi connectivity index (χ1) is 10.9. The molecule has 1 unspecified atom stereocenters. The number of amides is 1. The second-order valence-corrected chi connectivity index (χ2v) is 7.27. The van der Waals surface area contributed by atoms with Gasteiger partial charge in [-0.2, -0.15) is 0 Å². The molecule has 2 rings (SSSR count). The van der Waals surface area contributed by atoms with E-state index in [0.29, 0.717) is 30.9 Å². The Balaban J connectivity index is 2.00. The van der Waals surface area contributed by atoms with Crippen molar-refractivity contribution < 1.29 is 22.7 Å². The van der Waals surface area contributed by atoms with Crippen molar-refractivity contribution in [2.75, 3.05) is 43.9 Å². The Hall–Kier alpha value is -1.64. The molecule has 1 aromatic rings. The fraction of sp³-hybridized carbons (Fsp3) is 0.533. The lowest BCUT2D eigenvalue weighted by Gasteiger charge is -2.31. The first-order valence-corrected chi connectivity index (χ1v) is 9.07. The van der Waals surface area contributed by atoms with Crippen molar-refractivity contribution in [3.05, 3.63) is 29.8 Å². The van der Waals surface area contributed by atoms with E-state index in [-0.39, 0.29) is 24.4 Å². The Bertz CT molecular complexity index is 630. The summed E-state index contributed by atoms with van der Waals surface area (Å²) in [7, 11) is -2.00. The standard InChI is InChI=1S/C15H22N2O5S/c1-12-11-17(7-8-22-12)15(18)13-3-5-14(6-4-13)16-23(19,20)10-9-21-2/h3-6,12,16H,7-11H2,1-2H3. The molecule has 128 valence electrons. The van der Waals surface area contributed by atoms with Crippen LogP contribution in [0.4, 0.5) is 5.69 Å². The van der Waals surface area contributed by atoms with Crippen LogP contribution in [0.5, 0.6) is 0 Å². The zero-order chi connectivity index (χ0) is 16.9. The lowest BCUT2D eigenvalue weighted by molar-refractivity contribution is -0.0124. The number of nitrogens with one attached hydrogen (secondary N) is 1. The van der Waals surface area contributed by atoms with Crippen LogP contribution in [-0.2, 0) is 19.5 Å². The van der Waals surface area contributed by atoms with Crippen LogP contribution in [0.15, 0.2) is 24.3 Å². The van der Waals surface area contributed by atoms with Gasteiger partial charge in [0.2, 0.25) is 10.0 Å². The number of carbonyl (C=O) groups excluding carboxylic acids is 1. The number of sulfonamides is 1. The van der Waals surface area contributed by atoms with Gasteiger partial charge >= 0.3 is 0 Å². The summed E-state index contributed by atoms with van der Waals surface area (Å²) < 4.78 is 36.2. The number of carbonyl (C=O) groups is 1. The van der Waals surface area contributed by atoms with E-state index >= 15 is 0 Å². The molecule has 1 heterocycles. The zero-order valence-electron chi connectivity index (χ0n) is 13.3. The average molecular weight is 342 g/mol. The number of nitrogens with zero attached hydrogens (tertiary/aromatic N) is 1. The van der Waals surface area contributed by atoms with Crippen molar-refractivity contribution in [3.63, 3.8) is 0 Å². The van der Waals surface area contributed by atoms with Gasteiger partial charge in [-0.25, -0.2) is 8.42 Å². The summed E-state index contributed by atoms with van der Waals surface area (Å²) in [5.74, 6) is -0.190. The van der Waals surface area contributed by atoms with Gasteiger partial charge in [0.15, 0.2) is 0 Å². The molecular weight excluding hydrogens is 320 g/mol. The van der Waals surface area contributed by atoms with Crippen LogP contribution in [0.2, 0.25) is 0 Å². The van der Waals surface area contributed by atoms with E-state index in [4.69, 9.17) is 9.47 Å². The molecular formula is C15H22N2O5S. The summed E-state index contributed by atoms with van der Waals surface area (Å²) >= 11 is 0. The predicted octanol–water partition coefficient (Wildman–Crippen LogP) is 0.936. The van der Waals surface area contributed by atoms with Gasteiger partial charge in [-0.1, -0.05) is 0 Å². The number of rotatable bonds is 6. The summed E-state index contributed by atoms with van der Waals surface area (Å²) in [5, 5.41) is 0. The van der Waals surface area contributed by atoms with E-state index in [2.05, 4.69) is 4.72 Å². The highest BCUT2D eigenvalue weighted by molar-refractivity contribution is 7.92. The van der Waals surface area contributed by atoms with Crippen molar-refractivity contribution in [2.24, 2.45) is 0 Å². The molecule has 1 saturated heterocycles. The molecule has 0 aliphatic carbocycles. The van der Waals surface area contributed by atoms with E-state index in [1.54, 1.807) is 29.2 Å². The highest BCUT2D eigenvalue weighted by Crippen LogP contribution is 2.15. The van der Waals surface area contributed by atoms with Gasteiger partial charge in [0.1, 0.15) is 0 Å². The Kier molecular flexibility index (Phi) is 5.97. The molecule has 7 nitrogen and oxygen atoms in total. The summed E-state index contributed by atoms with van der Waals surface area (Å²) in [4.78, 5) is 14.1. The van der Waals surface area contributed by atoms with Gasteiger partial charge in [0, 0.05) is 31.5 Å². The number of benzene rings is 1. The SMILES string of the molecule is COCCS(=O)(=O)Nc1ccc(C(=O)N2CCOC(C)C2)cc1. The molecule has 1 aliphatic heterocycles. The fourth-order valence-electron chi connectivity index (χ4n) is 2.29. The average Bonchev–Trinajstić information content (AvgIpc) is 2.53. The lowest BCUT2D eigenvalue weighted by Crippen LogP contribution is -2.44. The molecule has 1 atom stereocenters. The van der Waals surface area contributed by atoms with Gasteiger partial charge in [0.05, 0.1) is 25.1 Å². The second-order valence-electron chi connectivity index (χ2n) is 5.42. The van der Waals surface area contributed by atoms with Crippen LogP contribution < -0.4 is 4.72 Å². The maximum Gasteiger partial charge on any atom is 0.254 e. The minimum Gasteiger partial charge on any atom is -0.384 e. The molecule has 0 spiro atoms. The van der Waals surface area contributed by atoms with Crippen LogP contribution in [0.3, 0.4) is 0 Å². The zero-order valence-corrected chi connectivity index (χ0v) is 14.1. The topological polar surface area (TPSA) is 84.9 Å². The lowest BCUT2D eigenvalue weighted by atomic mass is 10.1. The third-order valence-electron chi connectivity index (χ3n) is 3.49. The number of hydrogen-bond acceptors (Lipinski definition) is 5. The molecule has 1 N–H and O–H groups in total. The number of ether oxygens (including phenoxy) is 2. The Morgan fingerprint density at radius 1 is 1.39 bits per heavy atom. The van der Waals surface area contributed by atoms with Crippen LogP contribution >= 0.6 is 0 Å². The highest BCUT2D eigenvalue weighted by Gasteiger charge is 2.22. The van der Waals surface area contributed by atoms with Crippen LogP contribution in [0, 0.1) is 0 Å². The number of methoxy groups -OCH3 is 1. The number of anilines is 1. The van der Waals surface area contributed by atoms with Crippen molar-refractivity contribution in [3.8, 4) is 0 Å². The van der Waals surface area contributed by atoms with Crippen molar-refractivity contribution in [2.45, 2.75) is 13.0 Å². The Morgan fingerprint density at radius 2 is 2.09 bits per heavy atom. The van der Waals surface area contributed by atoms with Crippen molar-refractivity contribution >= 4 is 21.6 Å². The number of morpholine rings is 1. The first kappa shape index (κ1) is 17.7. The van der Waals surface area contributed by atoms with Crippen molar-refractivity contribution in [1.29, 1.82) is 0 Å². The largest absolute Gasteiger partial charge is 0.384 e. The van der Waals surface area contributed by atoms with Gasteiger partial charge in [-0.15, -0.1) is 0 Å². The van der Waals surface area contributed by atoms with Gasteiger partial charge in [-0.05, 0) is 31.2 Å². The molecule has 0 bridgehead atoms. The van der Waals surface area contributed by atoms with Gasteiger partial charge in [0.25, 0.3) is 5.91 Å². The van der Waals surface area contributed by atoms with E-state index in [9.17, 15) is 13.2 Å². The third kappa shape index (κ3) is 5.19. The third-order valence-corrected chi connectivity index (χ3v) is 4.74. The summed E-state index contributed by atoms with van der Waals surface area (Å²) in [5.41, 5.74) is 0.951. The Labute approximate surface area is 136 Å². The van der Waals surface area contributed by atoms with Crippen LogP contribution in [-0.4, -0.2) is 64.5 Å². The van der Waals surface area contributed by atoms with E-state index < -0.39 is 10.0 Å². The monoisotopic (exact) mass is 342 g/mol. The van der Waals surface area contributed by atoms with E-state index in [0.717, 1.165) is 0 Å². The Morgan fingerprint density at radius 3 is 2.70 bits per heavy atom. The maximum absolute atomic E-state index is 12.4. The predicted molar refractivity (Wildman–Crippen MR) is 87.0 cm³/mol. The van der Waals surface area contributed by atoms with Crippen LogP contribution in [0.1, 0.15) is 17.3 Å². The van der Waals surface area contributed by atoms with E-state index in [1.807, 2.05) is 6.92 Å². The smallest absolute Gasteiger partial charge is 0.254 e. The van der Waals surface area contributed by atoms with E-state index in [1.165, 1.54) is 7.11 Å². The quantitative estimate of drug-likeness (QED) is 0.831. The summed E-state index contributed by atoms with van der Waals surface area (Å²) in [6.07, 6.45) is 0.0274. The van der Waals surface area contributed by atoms with Crippen LogP contribution in [0.25, 0.3) is 0 Å². The minimum absolute atomic E-state index is 0.0274. The molecule has 1 aromatic carbocycles. The second kappa shape index (κ2) is 7.76. The molecule has 1 fully saturated rings. The molecule has 8 heteroatoms.